The van der Waals surface area contributed by atoms with Crippen LogP contribution in [0.15, 0.2) is 71.7 Å². The molecule has 0 saturated heterocycles. The highest BCUT2D eigenvalue weighted by Gasteiger charge is 2.33. The van der Waals surface area contributed by atoms with E-state index in [0.29, 0.717) is 63.0 Å². The number of aromatic nitrogens is 2. The van der Waals surface area contributed by atoms with Gasteiger partial charge in [-0.1, -0.05) is 12.1 Å². The Morgan fingerprint density at radius 3 is 2.59 bits per heavy atom. The Morgan fingerprint density at radius 1 is 1.09 bits per heavy atom. The second kappa shape index (κ2) is 11.5. The zero-order valence-electron chi connectivity index (χ0n) is 25.6. The molecule has 0 radical (unpaired) electrons. The predicted molar refractivity (Wildman–Crippen MR) is 166 cm³/mol. The van der Waals surface area contributed by atoms with Gasteiger partial charge < -0.3 is 23.9 Å². The van der Waals surface area contributed by atoms with E-state index < -0.39 is 35.3 Å². The number of carbonyl (C=O) groups is 1. The summed E-state index contributed by atoms with van der Waals surface area (Å²) < 4.78 is 56.4. The van der Waals surface area contributed by atoms with Crippen molar-refractivity contribution in [2.75, 3.05) is 6.61 Å². The summed E-state index contributed by atoms with van der Waals surface area (Å²) in [6.45, 7) is 7.52. The second-order valence-corrected chi connectivity index (χ2v) is 12.2. The first-order valence-electron chi connectivity index (χ1n) is 14.7. The Balaban J connectivity index is 1.65. The molecular weight excluding hydrogens is 601 g/mol. The molecule has 0 spiro atoms. The van der Waals surface area contributed by atoms with Crippen molar-refractivity contribution in [3.8, 4) is 22.6 Å². The fourth-order valence-electron chi connectivity index (χ4n) is 6.09. The number of rotatable bonds is 7. The number of alkyl halides is 3. The molecule has 8 nitrogen and oxygen atoms in total. The van der Waals surface area contributed by atoms with E-state index in [2.05, 4.69) is 4.74 Å². The molecule has 3 heterocycles. The van der Waals surface area contributed by atoms with E-state index in [1.807, 2.05) is 18.2 Å². The number of aryl methyl sites for hydroxylation is 1. The minimum absolute atomic E-state index is 0.0692. The molecule has 2 aromatic heterocycles. The van der Waals surface area contributed by atoms with Gasteiger partial charge in [0, 0.05) is 40.6 Å². The monoisotopic (exact) mass is 632 g/mol. The van der Waals surface area contributed by atoms with Crippen molar-refractivity contribution in [3.05, 3.63) is 99.5 Å². The topological polar surface area (TPSA) is 99.9 Å². The maximum atomic E-state index is 13.4. The molecule has 5 aromatic rings. The number of fused-ring (bicyclic) bond motifs is 1. The number of pyridine rings is 2. The first-order chi connectivity index (χ1) is 21.7. The molecule has 238 valence electrons. The molecule has 11 heteroatoms. The first-order valence-corrected chi connectivity index (χ1v) is 14.7. The lowest BCUT2D eigenvalue weighted by atomic mass is 9.86. The summed E-state index contributed by atoms with van der Waals surface area (Å²) in [5.74, 6) is -0.921. The average Bonchev–Trinajstić information content (AvgIpc) is 2.97. The second-order valence-electron chi connectivity index (χ2n) is 12.2. The van der Waals surface area contributed by atoms with Gasteiger partial charge in [-0.05, 0) is 92.4 Å². The van der Waals surface area contributed by atoms with Crippen molar-refractivity contribution in [1.29, 1.82) is 0 Å². The van der Waals surface area contributed by atoms with Crippen LogP contribution in [0.25, 0.3) is 32.9 Å². The Labute approximate surface area is 262 Å². The van der Waals surface area contributed by atoms with Crippen molar-refractivity contribution in [3.63, 3.8) is 0 Å². The number of carboxylic acid groups (broad SMARTS) is 1. The van der Waals surface area contributed by atoms with E-state index in [-0.39, 0.29) is 6.54 Å². The Morgan fingerprint density at radius 2 is 1.87 bits per heavy atom. The van der Waals surface area contributed by atoms with Gasteiger partial charge in [-0.2, -0.15) is 0 Å². The van der Waals surface area contributed by atoms with Gasteiger partial charge in [-0.3, -0.25) is 9.78 Å². The lowest BCUT2D eigenvalue weighted by molar-refractivity contribution is -0.274. The van der Waals surface area contributed by atoms with Gasteiger partial charge in [0.05, 0.1) is 29.8 Å². The van der Waals surface area contributed by atoms with Crippen molar-refractivity contribution < 1.29 is 37.3 Å². The van der Waals surface area contributed by atoms with E-state index in [4.69, 9.17) is 14.5 Å². The minimum Gasteiger partial charge on any atom is -0.493 e. The lowest BCUT2D eigenvalue weighted by Gasteiger charge is -2.29. The Bertz CT molecular complexity index is 2050. The third kappa shape index (κ3) is 6.02. The van der Waals surface area contributed by atoms with Crippen LogP contribution < -0.4 is 15.0 Å². The highest BCUT2D eigenvalue weighted by Crippen LogP contribution is 2.45. The fraction of sp³-hybridized carbons (Fsp3) is 0.286. The molecule has 3 aromatic carbocycles. The summed E-state index contributed by atoms with van der Waals surface area (Å²) in [6.07, 6.45) is -3.86. The molecular formula is C35H31F3N2O6. The molecule has 0 amide bonds. The van der Waals surface area contributed by atoms with E-state index in [0.717, 1.165) is 10.9 Å². The summed E-state index contributed by atoms with van der Waals surface area (Å²) in [5, 5.41) is 11.9. The zero-order valence-corrected chi connectivity index (χ0v) is 25.6. The van der Waals surface area contributed by atoms with Crippen LogP contribution in [0.4, 0.5) is 13.2 Å². The molecule has 1 N–H and O–H groups in total. The number of ether oxygens (including phenoxy) is 3. The van der Waals surface area contributed by atoms with Crippen LogP contribution in [-0.2, 0) is 22.5 Å². The van der Waals surface area contributed by atoms with Crippen LogP contribution in [-0.4, -0.2) is 39.2 Å². The number of nitrogens with zero attached hydrogens (tertiary/aromatic N) is 2. The molecule has 0 fully saturated rings. The fourth-order valence-corrected chi connectivity index (χ4v) is 6.09. The third-order valence-corrected chi connectivity index (χ3v) is 7.81. The van der Waals surface area contributed by atoms with E-state index in [1.165, 1.54) is 28.8 Å². The van der Waals surface area contributed by atoms with Gasteiger partial charge >= 0.3 is 12.3 Å². The maximum absolute atomic E-state index is 13.4. The van der Waals surface area contributed by atoms with Gasteiger partial charge in [0.2, 0.25) is 0 Å². The van der Waals surface area contributed by atoms with Crippen molar-refractivity contribution in [1.82, 2.24) is 9.55 Å². The van der Waals surface area contributed by atoms with Crippen molar-refractivity contribution >= 4 is 27.8 Å². The summed E-state index contributed by atoms with van der Waals surface area (Å²) in [4.78, 5) is 31.0. The number of carboxylic acids is 1. The number of hydrogen-bond acceptors (Lipinski definition) is 6. The summed E-state index contributed by atoms with van der Waals surface area (Å²) in [7, 11) is 0. The van der Waals surface area contributed by atoms with Gasteiger partial charge in [0.1, 0.15) is 11.5 Å². The van der Waals surface area contributed by atoms with Crippen LogP contribution in [0.3, 0.4) is 0 Å². The molecule has 0 aliphatic carbocycles. The van der Waals surface area contributed by atoms with Gasteiger partial charge in [-0.15, -0.1) is 13.2 Å². The van der Waals surface area contributed by atoms with E-state index >= 15 is 0 Å². The van der Waals surface area contributed by atoms with E-state index in [9.17, 15) is 27.9 Å². The third-order valence-electron chi connectivity index (χ3n) is 7.81. The molecule has 1 unspecified atom stereocenters. The lowest BCUT2D eigenvalue weighted by Crippen LogP contribution is -2.28. The van der Waals surface area contributed by atoms with Crippen LogP contribution in [0.2, 0.25) is 0 Å². The average molecular weight is 633 g/mol. The standard InChI is InChI=1S/C35H31F3N2O6/c1-19-16-25-23(9-11-27(41)40(25)18-20-6-5-7-22(17-20)45-35(36,37)38)30(28(19)32(33(42)43)46-34(2,3)4)24-8-10-26-29-21(13-15-44-26)12-14-39-31(24)29/h5-12,14,16-17,32H,13,15,18H2,1-4H3,(H,42,43). The normalized spacial score (nSPS) is 13.9. The van der Waals surface area contributed by atoms with Crippen molar-refractivity contribution in [2.45, 2.75) is 58.7 Å². The van der Waals surface area contributed by atoms with Gasteiger partial charge in [-0.25, -0.2) is 4.79 Å². The molecule has 1 atom stereocenters. The summed E-state index contributed by atoms with van der Waals surface area (Å²) >= 11 is 0. The number of hydrogen-bond donors (Lipinski definition) is 1. The van der Waals surface area contributed by atoms with Gasteiger partial charge in [0.15, 0.2) is 6.10 Å². The largest absolute Gasteiger partial charge is 0.573 e. The molecule has 0 bridgehead atoms. The molecule has 46 heavy (non-hydrogen) atoms. The number of halogens is 3. The van der Waals surface area contributed by atoms with Crippen molar-refractivity contribution in [2.24, 2.45) is 0 Å². The summed E-state index contributed by atoms with van der Waals surface area (Å²) in [6, 6.07) is 15.8. The smallest absolute Gasteiger partial charge is 0.493 e. The zero-order chi connectivity index (χ0) is 33.0. The SMILES string of the molecule is Cc1cc2c(ccc(=O)n2Cc2cccc(OC(F)(F)F)c2)c(-c2ccc3c4c(ccnc24)CCO3)c1C(OC(C)(C)C)C(=O)O. The predicted octanol–water partition coefficient (Wildman–Crippen LogP) is 7.35. The highest BCUT2D eigenvalue weighted by atomic mass is 19.4. The van der Waals surface area contributed by atoms with Gasteiger partial charge in [0.25, 0.3) is 5.56 Å². The van der Waals surface area contributed by atoms with Crippen LogP contribution in [0.1, 0.15) is 49.1 Å². The first kappa shape index (κ1) is 31.1. The highest BCUT2D eigenvalue weighted by molar-refractivity contribution is 6.08. The quantitative estimate of drug-likeness (QED) is 0.200. The Hall–Kier alpha value is -4.90. The Kier molecular flexibility index (Phi) is 7.76. The molecule has 0 saturated carbocycles. The molecule has 1 aliphatic heterocycles. The number of aliphatic carboxylic acids is 1. The molecule has 6 rings (SSSR count). The maximum Gasteiger partial charge on any atom is 0.573 e. The van der Waals surface area contributed by atoms with Crippen LogP contribution in [0.5, 0.6) is 11.5 Å². The minimum atomic E-state index is -4.87. The molecule has 1 aliphatic rings. The van der Waals surface area contributed by atoms with Crippen LogP contribution >= 0.6 is 0 Å². The van der Waals surface area contributed by atoms with Crippen LogP contribution in [0, 0.1) is 6.92 Å². The van der Waals surface area contributed by atoms with E-state index in [1.54, 1.807) is 52.1 Å². The number of benzene rings is 3. The summed E-state index contributed by atoms with van der Waals surface area (Å²) in [5.41, 5.74) is 3.40.